The van der Waals surface area contributed by atoms with Gasteiger partial charge in [0.2, 0.25) is 0 Å². The van der Waals surface area contributed by atoms with Crippen LogP contribution in [0.15, 0.2) is 24.3 Å². The Bertz CT molecular complexity index is 653. The van der Waals surface area contributed by atoms with Crippen LogP contribution in [0.2, 0.25) is 0 Å². The third-order valence-corrected chi connectivity index (χ3v) is 4.28. The zero-order valence-corrected chi connectivity index (χ0v) is 13.1. The first kappa shape index (κ1) is 14.9. The third kappa shape index (κ3) is 3.26. The van der Waals surface area contributed by atoms with E-state index in [2.05, 4.69) is 14.9 Å². The highest BCUT2D eigenvalue weighted by molar-refractivity contribution is 7.08. The Morgan fingerprint density at radius 1 is 1.55 bits per heavy atom. The van der Waals surface area contributed by atoms with Gasteiger partial charge in [0, 0.05) is 18.7 Å². The highest BCUT2D eigenvalue weighted by atomic mass is 32.1. The van der Waals surface area contributed by atoms with Gasteiger partial charge in [0.25, 0.3) is 5.91 Å². The van der Waals surface area contributed by atoms with Gasteiger partial charge in [0.05, 0.1) is 13.2 Å². The van der Waals surface area contributed by atoms with Crippen LogP contribution in [0.25, 0.3) is 11.3 Å². The number of benzene rings is 1. The van der Waals surface area contributed by atoms with Crippen molar-refractivity contribution in [2.45, 2.75) is 18.9 Å². The molecule has 1 aliphatic rings. The molecule has 116 valence electrons. The molecule has 0 spiro atoms. The first-order valence-electron chi connectivity index (χ1n) is 7.14. The van der Waals surface area contributed by atoms with Crippen molar-refractivity contribution in [3.63, 3.8) is 0 Å². The molecule has 0 saturated carbocycles. The molecule has 0 radical (unpaired) electrons. The smallest absolute Gasteiger partial charge is 0.265 e. The summed E-state index contributed by atoms with van der Waals surface area (Å²) in [6.07, 6.45) is 2.16. The first-order chi connectivity index (χ1) is 10.8. The Labute approximate surface area is 132 Å². The van der Waals surface area contributed by atoms with E-state index in [1.807, 2.05) is 24.3 Å². The standard InChI is InChI=1S/C15H17N3O3S/c1-20-11-5-2-4-10(8-11)13-14(22-18-17-13)15(19)16-9-12-6-3-7-21-12/h2,4-5,8,12H,3,6-7,9H2,1H3,(H,16,19)/t12-/m0/s1. The van der Waals surface area contributed by atoms with Gasteiger partial charge in [-0.1, -0.05) is 16.6 Å². The van der Waals surface area contributed by atoms with Crippen molar-refractivity contribution in [3.05, 3.63) is 29.1 Å². The highest BCUT2D eigenvalue weighted by Gasteiger charge is 2.21. The third-order valence-electron chi connectivity index (χ3n) is 3.55. The van der Waals surface area contributed by atoms with E-state index in [9.17, 15) is 4.79 Å². The number of aromatic nitrogens is 2. The molecule has 1 aromatic carbocycles. The maximum Gasteiger partial charge on any atom is 0.265 e. The number of methoxy groups -OCH3 is 1. The Morgan fingerprint density at radius 3 is 3.23 bits per heavy atom. The van der Waals surface area contributed by atoms with Crippen molar-refractivity contribution in [2.24, 2.45) is 0 Å². The van der Waals surface area contributed by atoms with Gasteiger partial charge < -0.3 is 14.8 Å². The average Bonchev–Trinajstić information content (AvgIpc) is 3.24. The molecule has 22 heavy (non-hydrogen) atoms. The van der Waals surface area contributed by atoms with Gasteiger partial charge in [-0.25, -0.2) is 0 Å². The van der Waals surface area contributed by atoms with E-state index in [4.69, 9.17) is 9.47 Å². The Balaban J connectivity index is 1.74. The SMILES string of the molecule is COc1cccc(-c2nnsc2C(=O)NC[C@@H]2CCCO2)c1. The molecule has 2 aromatic rings. The lowest BCUT2D eigenvalue weighted by molar-refractivity contribution is 0.0861. The summed E-state index contributed by atoms with van der Waals surface area (Å²) in [5.74, 6) is 0.555. The molecule has 1 atom stereocenters. The van der Waals surface area contributed by atoms with Crippen LogP contribution in [0.5, 0.6) is 5.75 Å². The number of carbonyl (C=O) groups excluding carboxylic acids is 1. The maximum atomic E-state index is 12.3. The fourth-order valence-corrected chi connectivity index (χ4v) is 3.00. The van der Waals surface area contributed by atoms with Crippen LogP contribution in [-0.4, -0.2) is 41.9 Å². The van der Waals surface area contributed by atoms with E-state index in [0.717, 1.165) is 42.3 Å². The molecule has 2 heterocycles. The number of nitrogens with one attached hydrogen (secondary N) is 1. The number of nitrogens with zero attached hydrogens (tertiary/aromatic N) is 2. The van der Waals surface area contributed by atoms with Gasteiger partial charge in [-0.05, 0) is 36.5 Å². The summed E-state index contributed by atoms with van der Waals surface area (Å²) >= 11 is 1.09. The molecular weight excluding hydrogens is 302 g/mol. The van der Waals surface area contributed by atoms with Gasteiger partial charge in [-0.15, -0.1) is 5.10 Å². The second-order valence-corrected chi connectivity index (χ2v) is 5.78. The van der Waals surface area contributed by atoms with Crippen molar-refractivity contribution in [3.8, 4) is 17.0 Å². The van der Waals surface area contributed by atoms with Gasteiger partial charge >= 0.3 is 0 Å². The van der Waals surface area contributed by atoms with E-state index in [1.54, 1.807) is 7.11 Å². The largest absolute Gasteiger partial charge is 0.497 e. The number of hydrogen-bond donors (Lipinski definition) is 1. The fourth-order valence-electron chi connectivity index (χ4n) is 2.39. The second-order valence-electron chi connectivity index (χ2n) is 5.03. The van der Waals surface area contributed by atoms with Crippen LogP contribution in [0.1, 0.15) is 22.5 Å². The Hall–Kier alpha value is -1.99. The molecule has 0 aliphatic carbocycles. The summed E-state index contributed by atoms with van der Waals surface area (Å²) in [5.41, 5.74) is 1.39. The molecule has 0 unspecified atom stereocenters. The van der Waals surface area contributed by atoms with Gasteiger partial charge in [0.15, 0.2) is 0 Å². The van der Waals surface area contributed by atoms with Crippen LogP contribution >= 0.6 is 11.5 Å². The molecule has 1 saturated heterocycles. The minimum atomic E-state index is -0.164. The van der Waals surface area contributed by atoms with Gasteiger partial charge in [-0.3, -0.25) is 4.79 Å². The lowest BCUT2D eigenvalue weighted by Gasteiger charge is -2.10. The molecule has 1 aromatic heterocycles. The van der Waals surface area contributed by atoms with Gasteiger partial charge in [-0.2, -0.15) is 0 Å². The molecular formula is C15H17N3O3S. The second kappa shape index (κ2) is 6.85. The van der Waals surface area contributed by atoms with E-state index in [0.29, 0.717) is 17.1 Å². The quantitative estimate of drug-likeness (QED) is 0.914. The predicted molar refractivity (Wildman–Crippen MR) is 83.2 cm³/mol. The number of carbonyl (C=O) groups is 1. The molecule has 0 bridgehead atoms. The summed E-state index contributed by atoms with van der Waals surface area (Å²) in [5, 5.41) is 6.98. The van der Waals surface area contributed by atoms with Crippen molar-refractivity contribution in [2.75, 3.05) is 20.3 Å². The maximum absolute atomic E-state index is 12.3. The first-order valence-corrected chi connectivity index (χ1v) is 7.92. The lowest BCUT2D eigenvalue weighted by atomic mass is 10.1. The molecule has 1 amide bonds. The molecule has 6 nitrogen and oxygen atoms in total. The normalized spacial score (nSPS) is 17.4. The van der Waals surface area contributed by atoms with Crippen LogP contribution in [0, 0.1) is 0 Å². The zero-order chi connectivity index (χ0) is 15.4. The number of amides is 1. The Morgan fingerprint density at radius 2 is 2.45 bits per heavy atom. The van der Waals surface area contributed by atoms with E-state index in [1.165, 1.54) is 0 Å². The summed E-state index contributed by atoms with van der Waals surface area (Å²) in [6, 6.07) is 7.44. The van der Waals surface area contributed by atoms with Crippen molar-refractivity contribution in [1.82, 2.24) is 14.9 Å². The zero-order valence-electron chi connectivity index (χ0n) is 12.2. The monoisotopic (exact) mass is 319 g/mol. The highest BCUT2D eigenvalue weighted by Crippen LogP contribution is 2.27. The van der Waals surface area contributed by atoms with Crippen molar-refractivity contribution in [1.29, 1.82) is 0 Å². The van der Waals surface area contributed by atoms with Crippen LogP contribution in [0.4, 0.5) is 0 Å². The summed E-state index contributed by atoms with van der Waals surface area (Å²) < 4.78 is 14.6. The van der Waals surface area contributed by atoms with Crippen LogP contribution in [0.3, 0.4) is 0 Å². The molecule has 7 heteroatoms. The van der Waals surface area contributed by atoms with Crippen molar-refractivity contribution < 1.29 is 14.3 Å². The summed E-state index contributed by atoms with van der Waals surface area (Å²) in [6.45, 7) is 1.30. The summed E-state index contributed by atoms with van der Waals surface area (Å²) in [7, 11) is 1.60. The number of hydrogen-bond acceptors (Lipinski definition) is 6. The number of ether oxygens (including phenoxy) is 2. The molecule has 1 N–H and O–H groups in total. The Kier molecular flexibility index (Phi) is 4.65. The fraction of sp³-hybridized carbons (Fsp3) is 0.400. The van der Waals surface area contributed by atoms with Crippen LogP contribution in [-0.2, 0) is 4.74 Å². The van der Waals surface area contributed by atoms with Crippen molar-refractivity contribution >= 4 is 17.4 Å². The number of rotatable bonds is 5. The van der Waals surface area contributed by atoms with Gasteiger partial charge in [0.1, 0.15) is 16.3 Å². The lowest BCUT2D eigenvalue weighted by Crippen LogP contribution is -2.31. The van der Waals surface area contributed by atoms with E-state index < -0.39 is 0 Å². The molecule has 3 rings (SSSR count). The minimum absolute atomic E-state index is 0.116. The van der Waals surface area contributed by atoms with Crippen LogP contribution < -0.4 is 10.1 Å². The molecule has 1 fully saturated rings. The minimum Gasteiger partial charge on any atom is -0.497 e. The van der Waals surface area contributed by atoms with E-state index in [-0.39, 0.29) is 12.0 Å². The summed E-state index contributed by atoms with van der Waals surface area (Å²) in [4.78, 5) is 12.8. The molecule has 1 aliphatic heterocycles. The van der Waals surface area contributed by atoms with E-state index >= 15 is 0 Å². The average molecular weight is 319 g/mol. The topological polar surface area (TPSA) is 73.3 Å². The predicted octanol–water partition coefficient (Wildman–Crippen LogP) is 2.12.